The van der Waals surface area contributed by atoms with Crippen LogP contribution in [0.5, 0.6) is 0 Å². The van der Waals surface area contributed by atoms with Crippen molar-refractivity contribution in [2.24, 2.45) is 5.92 Å². The maximum atomic E-state index is 13.3. The van der Waals surface area contributed by atoms with Gasteiger partial charge in [-0.2, -0.15) is 0 Å². The number of nitrogens with one attached hydrogen (secondary N) is 2. The predicted molar refractivity (Wildman–Crippen MR) is 90.0 cm³/mol. The van der Waals surface area contributed by atoms with Crippen LogP contribution < -0.4 is 10.6 Å². The molecule has 2 aromatic carbocycles. The van der Waals surface area contributed by atoms with Gasteiger partial charge in [-0.3, -0.25) is 9.59 Å². The monoisotopic (exact) mass is 344 g/mol. The van der Waals surface area contributed by atoms with E-state index >= 15 is 0 Å². The van der Waals surface area contributed by atoms with Crippen LogP contribution >= 0.6 is 0 Å². The van der Waals surface area contributed by atoms with Gasteiger partial charge in [0.1, 0.15) is 0 Å². The van der Waals surface area contributed by atoms with Gasteiger partial charge >= 0.3 is 0 Å². The molecule has 0 radical (unpaired) electrons. The zero-order valence-electron chi connectivity index (χ0n) is 13.7. The smallest absolute Gasteiger partial charge is 0.251 e. The topological polar surface area (TPSA) is 58.2 Å². The zero-order chi connectivity index (χ0) is 18.0. The van der Waals surface area contributed by atoms with Gasteiger partial charge in [-0.15, -0.1) is 0 Å². The molecular weight excluding hydrogens is 326 g/mol. The van der Waals surface area contributed by atoms with Gasteiger partial charge in [0.25, 0.3) is 5.91 Å². The van der Waals surface area contributed by atoms with Gasteiger partial charge in [-0.05, 0) is 61.7 Å². The molecule has 1 saturated carbocycles. The Hall–Kier alpha value is -2.76. The Bertz CT molecular complexity index is 802. The van der Waals surface area contributed by atoms with Crippen LogP contribution in [0.25, 0.3) is 0 Å². The molecule has 0 aromatic heterocycles. The van der Waals surface area contributed by atoms with Crippen molar-refractivity contribution in [3.8, 4) is 0 Å². The van der Waals surface area contributed by atoms with E-state index in [1.807, 2.05) is 0 Å². The minimum Gasteiger partial charge on any atom is -0.346 e. The number of carbonyl (C=O) groups excluding carboxylic acids is 2. The third-order valence-electron chi connectivity index (χ3n) is 4.15. The molecule has 1 aliphatic rings. The van der Waals surface area contributed by atoms with Crippen molar-refractivity contribution < 1.29 is 18.4 Å². The number of anilines is 1. The lowest BCUT2D eigenvalue weighted by Crippen LogP contribution is -2.26. The summed E-state index contributed by atoms with van der Waals surface area (Å²) >= 11 is 0. The molecule has 2 aromatic rings. The van der Waals surface area contributed by atoms with E-state index in [2.05, 4.69) is 10.6 Å². The summed E-state index contributed by atoms with van der Waals surface area (Å²) in [5, 5.41) is 5.53. The maximum absolute atomic E-state index is 13.3. The number of amides is 2. The molecule has 2 N–H and O–H groups in total. The highest BCUT2D eigenvalue weighted by atomic mass is 19.2. The second-order valence-corrected chi connectivity index (χ2v) is 6.21. The highest BCUT2D eigenvalue weighted by molar-refractivity contribution is 5.96. The number of halogens is 2. The van der Waals surface area contributed by atoms with Crippen molar-refractivity contribution in [3.63, 3.8) is 0 Å². The lowest BCUT2D eigenvalue weighted by atomic mass is 10.1. The van der Waals surface area contributed by atoms with Crippen molar-refractivity contribution in [2.75, 3.05) is 5.32 Å². The molecule has 3 rings (SSSR count). The van der Waals surface area contributed by atoms with E-state index in [4.69, 9.17) is 0 Å². The van der Waals surface area contributed by atoms with Crippen LogP contribution in [0.2, 0.25) is 0 Å². The Morgan fingerprint density at radius 2 is 1.72 bits per heavy atom. The third-order valence-corrected chi connectivity index (χ3v) is 4.15. The molecule has 0 unspecified atom stereocenters. The van der Waals surface area contributed by atoms with Gasteiger partial charge in [0.05, 0.1) is 6.04 Å². The molecular formula is C19H18F2N2O2. The van der Waals surface area contributed by atoms with Crippen molar-refractivity contribution in [2.45, 2.75) is 25.8 Å². The second kappa shape index (κ2) is 7.01. The van der Waals surface area contributed by atoms with Crippen molar-refractivity contribution in [1.29, 1.82) is 0 Å². The van der Waals surface area contributed by atoms with Crippen LogP contribution in [-0.4, -0.2) is 11.8 Å². The first-order valence-corrected chi connectivity index (χ1v) is 8.11. The Labute approximate surface area is 144 Å². The fraction of sp³-hybridized carbons (Fsp3) is 0.263. The molecule has 130 valence electrons. The summed E-state index contributed by atoms with van der Waals surface area (Å²) in [7, 11) is 0. The van der Waals surface area contributed by atoms with Crippen molar-refractivity contribution in [1.82, 2.24) is 5.32 Å². The summed E-state index contributed by atoms with van der Waals surface area (Å²) < 4.78 is 26.3. The quantitative estimate of drug-likeness (QED) is 0.867. The van der Waals surface area contributed by atoms with E-state index in [1.54, 1.807) is 31.2 Å². The summed E-state index contributed by atoms with van der Waals surface area (Å²) in [5.74, 6) is -2.10. The molecule has 6 heteroatoms. The molecule has 0 spiro atoms. The van der Waals surface area contributed by atoms with E-state index in [0.29, 0.717) is 16.8 Å². The summed E-state index contributed by atoms with van der Waals surface area (Å²) in [6, 6.07) is 9.60. The van der Waals surface area contributed by atoms with E-state index in [1.165, 1.54) is 6.07 Å². The van der Waals surface area contributed by atoms with Gasteiger partial charge in [-0.25, -0.2) is 8.78 Å². The maximum Gasteiger partial charge on any atom is 0.251 e. The molecule has 0 saturated heterocycles. The standard InChI is InChI=1S/C19H18F2N2O2/c1-11(14-6-9-16(20)17(21)10-14)22-18(24)13-4-7-15(8-5-13)23-19(25)12-2-3-12/h4-12H,2-3H2,1H3,(H,22,24)(H,23,25)/t11-/m0/s1. The summed E-state index contributed by atoms with van der Waals surface area (Å²) in [6.07, 6.45) is 1.85. The first kappa shape index (κ1) is 17.1. The van der Waals surface area contributed by atoms with Crippen LogP contribution in [0, 0.1) is 17.6 Å². The lowest BCUT2D eigenvalue weighted by Gasteiger charge is -2.15. The van der Waals surface area contributed by atoms with E-state index in [9.17, 15) is 18.4 Å². The largest absolute Gasteiger partial charge is 0.346 e. The molecule has 4 nitrogen and oxygen atoms in total. The van der Waals surface area contributed by atoms with Gasteiger partial charge in [-0.1, -0.05) is 6.07 Å². The van der Waals surface area contributed by atoms with Gasteiger partial charge in [0, 0.05) is 17.2 Å². The number of carbonyl (C=O) groups is 2. The summed E-state index contributed by atoms with van der Waals surface area (Å²) in [6.45, 7) is 1.69. The molecule has 0 heterocycles. The highest BCUT2D eigenvalue weighted by Gasteiger charge is 2.29. The fourth-order valence-electron chi connectivity index (χ4n) is 2.44. The number of benzene rings is 2. The molecule has 1 fully saturated rings. The SMILES string of the molecule is C[C@H](NC(=O)c1ccc(NC(=O)C2CC2)cc1)c1ccc(F)c(F)c1. The van der Waals surface area contributed by atoms with Gasteiger partial charge < -0.3 is 10.6 Å². The number of hydrogen-bond acceptors (Lipinski definition) is 2. The fourth-order valence-corrected chi connectivity index (χ4v) is 2.44. The number of rotatable bonds is 5. The molecule has 0 bridgehead atoms. The summed E-state index contributed by atoms with van der Waals surface area (Å²) in [4.78, 5) is 24.0. The number of hydrogen-bond donors (Lipinski definition) is 2. The van der Waals surface area contributed by atoms with Crippen LogP contribution in [0.1, 0.15) is 41.7 Å². The van der Waals surface area contributed by atoms with Crippen LogP contribution in [0.4, 0.5) is 14.5 Å². The average Bonchev–Trinajstić information content (AvgIpc) is 3.43. The first-order chi connectivity index (χ1) is 11.9. The highest BCUT2D eigenvalue weighted by Crippen LogP contribution is 2.30. The molecule has 1 atom stereocenters. The van der Waals surface area contributed by atoms with Crippen molar-refractivity contribution in [3.05, 3.63) is 65.2 Å². The molecule has 2 amide bonds. The normalized spacial score (nSPS) is 14.7. The third kappa shape index (κ3) is 4.21. The second-order valence-electron chi connectivity index (χ2n) is 6.21. The van der Waals surface area contributed by atoms with E-state index in [0.717, 1.165) is 25.0 Å². The van der Waals surface area contributed by atoms with E-state index in [-0.39, 0.29) is 17.7 Å². The predicted octanol–water partition coefficient (Wildman–Crippen LogP) is 3.80. The minimum atomic E-state index is -0.950. The van der Waals surface area contributed by atoms with E-state index < -0.39 is 17.7 Å². The van der Waals surface area contributed by atoms with Gasteiger partial charge in [0.2, 0.25) is 5.91 Å². The Balaban J connectivity index is 1.61. The minimum absolute atomic E-state index is 0.00385. The van der Waals surface area contributed by atoms with Crippen LogP contribution in [0.15, 0.2) is 42.5 Å². The molecule has 25 heavy (non-hydrogen) atoms. The van der Waals surface area contributed by atoms with Gasteiger partial charge in [0.15, 0.2) is 11.6 Å². The van der Waals surface area contributed by atoms with Crippen LogP contribution in [0.3, 0.4) is 0 Å². The molecule has 1 aliphatic carbocycles. The lowest BCUT2D eigenvalue weighted by molar-refractivity contribution is -0.117. The Kier molecular flexibility index (Phi) is 4.79. The first-order valence-electron chi connectivity index (χ1n) is 8.11. The Morgan fingerprint density at radius 1 is 1.04 bits per heavy atom. The average molecular weight is 344 g/mol. The zero-order valence-corrected chi connectivity index (χ0v) is 13.7. The van der Waals surface area contributed by atoms with Crippen molar-refractivity contribution >= 4 is 17.5 Å². The Morgan fingerprint density at radius 3 is 2.32 bits per heavy atom. The van der Waals surface area contributed by atoms with Crippen LogP contribution in [-0.2, 0) is 4.79 Å². The molecule has 0 aliphatic heterocycles. The summed E-state index contributed by atoms with van der Waals surface area (Å²) in [5.41, 5.74) is 1.53.